The molecular weight excluding hydrogens is 386 g/mol. The SMILES string of the molecule is COc1cc2nc(Nc3ccnn3C)nc(NCCN3CCOCC3)c2cc1OC. The van der Waals surface area contributed by atoms with Gasteiger partial charge in [0.2, 0.25) is 5.95 Å². The summed E-state index contributed by atoms with van der Waals surface area (Å²) >= 11 is 0. The number of aromatic nitrogens is 4. The zero-order chi connectivity index (χ0) is 20.9. The van der Waals surface area contributed by atoms with E-state index in [2.05, 4.69) is 25.6 Å². The fraction of sp³-hybridized carbons (Fsp3) is 0.450. The van der Waals surface area contributed by atoms with Crippen LogP contribution in [0.2, 0.25) is 0 Å². The Morgan fingerprint density at radius 1 is 1.10 bits per heavy atom. The van der Waals surface area contributed by atoms with E-state index in [9.17, 15) is 0 Å². The van der Waals surface area contributed by atoms with Gasteiger partial charge >= 0.3 is 0 Å². The lowest BCUT2D eigenvalue weighted by Gasteiger charge is -2.26. The van der Waals surface area contributed by atoms with Gasteiger partial charge < -0.3 is 24.8 Å². The van der Waals surface area contributed by atoms with Gasteiger partial charge in [0.25, 0.3) is 0 Å². The Balaban J connectivity index is 1.64. The quantitative estimate of drug-likeness (QED) is 0.573. The Labute approximate surface area is 175 Å². The molecule has 3 heterocycles. The van der Waals surface area contributed by atoms with Crippen molar-refractivity contribution in [1.29, 1.82) is 0 Å². The molecule has 0 aliphatic carbocycles. The molecule has 4 rings (SSSR count). The van der Waals surface area contributed by atoms with E-state index in [0.717, 1.165) is 61.9 Å². The molecule has 1 aromatic carbocycles. The third-order valence-electron chi connectivity index (χ3n) is 5.09. The van der Waals surface area contributed by atoms with Crippen molar-refractivity contribution in [2.75, 3.05) is 64.2 Å². The van der Waals surface area contributed by atoms with Gasteiger partial charge in [0, 0.05) is 50.7 Å². The number of ether oxygens (including phenoxy) is 3. The van der Waals surface area contributed by atoms with E-state index >= 15 is 0 Å². The van der Waals surface area contributed by atoms with Crippen molar-refractivity contribution in [2.45, 2.75) is 0 Å². The predicted octanol–water partition coefficient (Wildman–Crippen LogP) is 1.87. The maximum atomic E-state index is 5.47. The number of nitrogens with zero attached hydrogens (tertiary/aromatic N) is 5. The van der Waals surface area contributed by atoms with Gasteiger partial charge in [-0.25, -0.2) is 4.98 Å². The van der Waals surface area contributed by atoms with Gasteiger partial charge in [0.15, 0.2) is 11.5 Å². The summed E-state index contributed by atoms with van der Waals surface area (Å²) in [6.07, 6.45) is 1.72. The lowest BCUT2D eigenvalue weighted by Crippen LogP contribution is -2.39. The van der Waals surface area contributed by atoms with Crippen LogP contribution in [-0.4, -0.2) is 78.3 Å². The number of methoxy groups -OCH3 is 2. The molecule has 0 radical (unpaired) electrons. The number of benzene rings is 1. The van der Waals surface area contributed by atoms with Gasteiger partial charge in [-0.2, -0.15) is 10.1 Å². The fourth-order valence-electron chi connectivity index (χ4n) is 3.41. The van der Waals surface area contributed by atoms with Gasteiger partial charge in [0.05, 0.1) is 39.1 Å². The topological polar surface area (TPSA) is 98.6 Å². The van der Waals surface area contributed by atoms with Crippen LogP contribution in [0.25, 0.3) is 10.9 Å². The summed E-state index contributed by atoms with van der Waals surface area (Å²) in [5.74, 6) is 3.27. The Morgan fingerprint density at radius 2 is 1.87 bits per heavy atom. The maximum Gasteiger partial charge on any atom is 0.230 e. The van der Waals surface area contributed by atoms with Crippen molar-refractivity contribution in [2.24, 2.45) is 7.05 Å². The Morgan fingerprint density at radius 3 is 2.57 bits per heavy atom. The molecule has 10 heteroatoms. The van der Waals surface area contributed by atoms with Gasteiger partial charge in [-0.3, -0.25) is 9.58 Å². The van der Waals surface area contributed by atoms with Crippen molar-refractivity contribution in [1.82, 2.24) is 24.6 Å². The Kier molecular flexibility index (Phi) is 6.15. The Bertz CT molecular complexity index is 1000. The van der Waals surface area contributed by atoms with Gasteiger partial charge in [-0.15, -0.1) is 0 Å². The number of rotatable bonds is 8. The van der Waals surface area contributed by atoms with E-state index < -0.39 is 0 Å². The minimum Gasteiger partial charge on any atom is -0.493 e. The highest BCUT2D eigenvalue weighted by molar-refractivity contribution is 5.93. The van der Waals surface area contributed by atoms with E-state index in [1.165, 1.54) is 0 Å². The number of nitrogens with one attached hydrogen (secondary N) is 2. The number of aryl methyl sites for hydroxylation is 1. The van der Waals surface area contributed by atoms with E-state index in [1.54, 1.807) is 25.1 Å². The summed E-state index contributed by atoms with van der Waals surface area (Å²) in [4.78, 5) is 11.8. The molecule has 0 atom stereocenters. The number of morpholine rings is 1. The van der Waals surface area contributed by atoms with Gasteiger partial charge in [-0.1, -0.05) is 0 Å². The highest BCUT2D eigenvalue weighted by atomic mass is 16.5. The normalized spacial score (nSPS) is 14.6. The second-order valence-electron chi connectivity index (χ2n) is 6.97. The second-order valence-corrected chi connectivity index (χ2v) is 6.97. The van der Waals surface area contributed by atoms with Crippen LogP contribution in [0, 0.1) is 0 Å². The highest BCUT2D eigenvalue weighted by Gasteiger charge is 2.15. The minimum absolute atomic E-state index is 0.479. The van der Waals surface area contributed by atoms with Crippen LogP contribution >= 0.6 is 0 Å². The number of anilines is 3. The lowest BCUT2D eigenvalue weighted by atomic mass is 10.2. The lowest BCUT2D eigenvalue weighted by molar-refractivity contribution is 0.0398. The van der Waals surface area contributed by atoms with Crippen LogP contribution in [0.3, 0.4) is 0 Å². The summed E-state index contributed by atoms with van der Waals surface area (Å²) in [7, 11) is 5.09. The molecule has 0 saturated carbocycles. The molecule has 30 heavy (non-hydrogen) atoms. The summed E-state index contributed by atoms with van der Waals surface area (Å²) in [6.45, 7) is 5.13. The number of hydrogen-bond donors (Lipinski definition) is 2. The summed E-state index contributed by atoms with van der Waals surface area (Å²) in [5, 5.41) is 11.7. The summed E-state index contributed by atoms with van der Waals surface area (Å²) in [6, 6.07) is 5.63. The largest absolute Gasteiger partial charge is 0.493 e. The molecule has 0 spiro atoms. The molecule has 0 amide bonds. The molecule has 0 bridgehead atoms. The van der Waals surface area contributed by atoms with Crippen molar-refractivity contribution >= 4 is 28.5 Å². The van der Waals surface area contributed by atoms with E-state index in [1.807, 2.05) is 25.2 Å². The molecular formula is C20H27N7O3. The first-order chi connectivity index (χ1) is 14.7. The van der Waals surface area contributed by atoms with Gasteiger partial charge in [0.1, 0.15) is 11.6 Å². The van der Waals surface area contributed by atoms with E-state index in [0.29, 0.717) is 17.4 Å². The number of hydrogen-bond acceptors (Lipinski definition) is 9. The average Bonchev–Trinajstić information content (AvgIpc) is 3.17. The van der Waals surface area contributed by atoms with Crippen LogP contribution in [0.1, 0.15) is 0 Å². The maximum absolute atomic E-state index is 5.47. The van der Waals surface area contributed by atoms with Crippen LogP contribution in [0.15, 0.2) is 24.4 Å². The molecule has 1 saturated heterocycles. The second kappa shape index (κ2) is 9.14. The smallest absolute Gasteiger partial charge is 0.230 e. The third-order valence-corrected chi connectivity index (χ3v) is 5.09. The molecule has 2 aromatic heterocycles. The molecule has 1 aliphatic heterocycles. The fourth-order valence-corrected chi connectivity index (χ4v) is 3.41. The van der Waals surface area contributed by atoms with Crippen LogP contribution in [0.5, 0.6) is 11.5 Å². The third kappa shape index (κ3) is 4.39. The molecule has 0 unspecified atom stereocenters. The van der Waals surface area contributed by atoms with Crippen LogP contribution < -0.4 is 20.1 Å². The molecule has 3 aromatic rings. The zero-order valence-electron chi connectivity index (χ0n) is 17.5. The van der Waals surface area contributed by atoms with Crippen LogP contribution in [-0.2, 0) is 11.8 Å². The minimum atomic E-state index is 0.479. The number of fused-ring (bicyclic) bond motifs is 1. The first-order valence-corrected chi connectivity index (χ1v) is 9.90. The van der Waals surface area contributed by atoms with Gasteiger partial charge in [-0.05, 0) is 6.07 Å². The van der Waals surface area contributed by atoms with E-state index in [-0.39, 0.29) is 0 Å². The first kappa shape index (κ1) is 20.2. The highest BCUT2D eigenvalue weighted by Crippen LogP contribution is 2.34. The molecule has 160 valence electrons. The standard InChI is InChI=1S/C20H27N7O3/c1-26-18(4-5-22-26)24-20-23-15-13-17(29-3)16(28-2)12-14(15)19(25-20)21-6-7-27-8-10-30-11-9-27/h4-5,12-13H,6-11H2,1-3H3,(H2,21,23,24,25). The molecule has 10 nitrogen and oxygen atoms in total. The predicted molar refractivity (Wildman–Crippen MR) is 115 cm³/mol. The summed E-state index contributed by atoms with van der Waals surface area (Å²) < 4.78 is 18.1. The van der Waals surface area contributed by atoms with Crippen molar-refractivity contribution in [3.63, 3.8) is 0 Å². The van der Waals surface area contributed by atoms with Crippen LogP contribution in [0.4, 0.5) is 17.6 Å². The van der Waals surface area contributed by atoms with Crippen molar-refractivity contribution < 1.29 is 14.2 Å². The first-order valence-electron chi connectivity index (χ1n) is 9.90. The molecule has 1 fully saturated rings. The monoisotopic (exact) mass is 413 g/mol. The molecule has 1 aliphatic rings. The van der Waals surface area contributed by atoms with E-state index in [4.69, 9.17) is 19.2 Å². The zero-order valence-corrected chi connectivity index (χ0v) is 17.5. The summed E-state index contributed by atoms with van der Waals surface area (Å²) in [5.41, 5.74) is 0.751. The van der Waals surface area contributed by atoms with Crippen molar-refractivity contribution in [3.05, 3.63) is 24.4 Å². The average molecular weight is 413 g/mol. The molecule has 2 N–H and O–H groups in total. The van der Waals surface area contributed by atoms with Crippen molar-refractivity contribution in [3.8, 4) is 11.5 Å². The Hall–Kier alpha value is -3.11.